The second kappa shape index (κ2) is 9.39. The number of nitro benzene ring substituents is 1. The van der Waals surface area contributed by atoms with E-state index in [2.05, 4.69) is 6.58 Å². The molecule has 0 aliphatic heterocycles. The average Bonchev–Trinajstić information content (AvgIpc) is 2.92. The van der Waals surface area contributed by atoms with Crippen LogP contribution in [-0.2, 0) is 11.3 Å². The Morgan fingerprint density at radius 3 is 2.79 bits per heavy atom. The van der Waals surface area contributed by atoms with Crippen LogP contribution in [0.15, 0.2) is 36.9 Å². The molecule has 0 radical (unpaired) electrons. The Kier molecular flexibility index (Phi) is 7.88. The van der Waals surface area contributed by atoms with Gasteiger partial charge in [-0.3, -0.25) is 14.9 Å². The molecule has 6 nitrogen and oxygen atoms in total. The number of carbonyl (C=O) groups is 1. The Morgan fingerprint density at radius 2 is 2.21 bits per heavy atom. The lowest BCUT2D eigenvalue weighted by Crippen LogP contribution is -2.35. The van der Waals surface area contributed by atoms with Crippen LogP contribution in [-0.4, -0.2) is 28.3 Å². The lowest BCUT2D eigenvalue weighted by atomic mass is 9.99. The number of hydrogen-bond acceptors (Lipinski definition) is 4. The van der Waals surface area contributed by atoms with Crippen LogP contribution >= 0.6 is 12.4 Å². The highest BCUT2D eigenvalue weighted by Gasteiger charge is 2.27. The van der Waals surface area contributed by atoms with Crippen molar-refractivity contribution < 1.29 is 9.72 Å². The number of halogens is 1. The van der Waals surface area contributed by atoms with Crippen molar-refractivity contribution in [2.24, 2.45) is 11.7 Å². The summed E-state index contributed by atoms with van der Waals surface area (Å²) in [5.41, 5.74) is 6.82. The molecule has 2 N–H and O–H groups in total. The van der Waals surface area contributed by atoms with Crippen LogP contribution in [0, 0.1) is 16.0 Å². The van der Waals surface area contributed by atoms with Crippen molar-refractivity contribution >= 4 is 24.0 Å². The van der Waals surface area contributed by atoms with Crippen molar-refractivity contribution in [1.29, 1.82) is 0 Å². The fourth-order valence-corrected chi connectivity index (χ4v) is 3.07. The van der Waals surface area contributed by atoms with E-state index in [9.17, 15) is 14.9 Å². The molecule has 1 aromatic carbocycles. The van der Waals surface area contributed by atoms with Gasteiger partial charge in [0, 0.05) is 37.7 Å². The monoisotopic (exact) mass is 353 g/mol. The summed E-state index contributed by atoms with van der Waals surface area (Å²) in [4.78, 5) is 24.7. The average molecular weight is 354 g/mol. The van der Waals surface area contributed by atoms with Gasteiger partial charge in [-0.05, 0) is 24.3 Å². The van der Waals surface area contributed by atoms with Crippen LogP contribution in [0.25, 0.3) is 0 Å². The number of carbonyl (C=O) groups excluding carboxylic acids is 1. The lowest BCUT2D eigenvalue weighted by molar-refractivity contribution is -0.384. The molecule has 1 amide bonds. The van der Waals surface area contributed by atoms with Crippen molar-refractivity contribution in [2.75, 3.05) is 6.54 Å². The van der Waals surface area contributed by atoms with Crippen LogP contribution in [0.3, 0.4) is 0 Å². The molecule has 1 aliphatic carbocycles. The van der Waals surface area contributed by atoms with Crippen LogP contribution in [0.1, 0.15) is 31.2 Å². The van der Waals surface area contributed by atoms with E-state index >= 15 is 0 Å². The first kappa shape index (κ1) is 20.1. The zero-order valence-electron chi connectivity index (χ0n) is 13.6. The van der Waals surface area contributed by atoms with Gasteiger partial charge in [-0.15, -0.1) is 19.0 Å². The lowest BCUT2D eigenvalue weighted by Gasteiger charge is -2.24. The van der Waals surface area contributed by atoms with Crippen molar-refractivity contribution in [1.82, 2.24) is 4.90 Å². The number of nitro groups is 1. The number of hydrogen-bond donors (Lipinski definition) is 1. The summed E-state index contributed by atoms with van der Waals surface area (Å²) in [6.45, 7) is 4.45. The topological polar surface area (TPSA) is 89.5 Å². The Balaban J connectivity index is 0.00000288. The van der Waals surface area contributed by atoms with E-state index < -0.39 is 4.92 Å². The van der Waals surface area contributed by atoms with Gasteiger partial charge < -0.3 is 10.6 Å². The van der Waals surface area contributed by atoms with E-state index in [1.54, 1.807) is 23.1 Å². The fourth-order valence-electron chi connectivity index (χ4n) is 3.07. The van der Waals surface area contributed by atoms with Crippen molar-refractivity contribution in [2.45, 2.75) is 38.3 Å². The van der Waals surface area contributed by atoms with Crippen LogP contribution in [0.5, 0.6) is 0 Å². The number of amides is 1. The molecule has 0 unspecified atom stereocenters. The molecule has 1 aliphatic rings. The third kappa shape index (κ3) is 5.32. The van der Waals surface area contributed by atoms with Crippen molar-refractivity contribution in [3.05, 3.63) is 52.6 Å². The molecule has 132 valence electrons. The SMILES string of the molecule is C=CCN(Cc1cccc([N+](=O)[O-])c1)C(=O)C[C@@H]1CCC[C@H]1N.Cl. The quantitative estimate of drug-likeness (QED) is 0.463. The second-order valence-electron chi connectivity index (χ2n) is 6.05. The Labute approximate surface area is 148 Å². The Bertz CT molecular complexity index is 594. The summed E-state index contributed by atoms with van der Waals surface area (Å²) in [6.07, 6.45) is 5.15. The largest absolute Gasteiger partial charge is 0.335 e. The number of non-ortho nitro benzene ring substituents is 1. The maximum atomic E-state index is 12.5. The molecular weight excluding hydrogens is 330 g/mol. The summed E-state index contributed by atoms with van der Waals surface area (Å²) in [7, 11) is 0. The van der Waals surface area contributed by atoms with Gasteiger partial charge in [0.15, 0.2) is 0 Å². The molecule has 1 aromatic rings. The van der Waals surface area contributed by atoms with E-state index in [1.807, 2.05) is 0 Å². The Hall–Kier alpha value is -1.92. The van der Waals surface area contributed by atoms with Gasteiger partial charge in [0.2, 0.25) is 5.91 Å². The minimum atomic E-state index is -0.430. The fraction of sp³-hybridized carbons (Fsp3) is 0.471. The summed E-state index contributed by atoms with van der Waals surface area (Å²) in [5.74, 6) is 0.263. The van der Waals surface area contributed by atoms with E-state index in [0.717, 1.165) is 24.8 Å². The molecular formula is C17H24ClN3O3. The van der Waals surface area contributed by atoms with E-state index in [4.69, 9.17) is 5.73 Å². The number of rotatable bonds is 7. The summed E-state index contributed by atoms with van der Waals surface area (Å²) < 4.78 is 0. The van der Waals surface area contributed by atoms with Gasteiger partial charge in [-0.1, -0.05) is 24.6 Å². The second-order valence-corrected chi connectivity index (χ2v) is 6.05. The first-order valence-corrected chi connectivity index (χ1v) is 7.89. The number of benzene rings is 1. The third-order valence-electron chi connectivity index (χ3n) is 4.35. The Morgan fingerprint density at radius 1 is 1.46 bits per heavy atom. The van der Waals surface area contributed by atoms with Gasteiger partial charge in [0.05, 0.1) is 4.92 Å². The maximum absolute atomic E-state index is 12.5. The molecule has 24 heavy (non-hydrogen) atoms. The van der Waals surface area contributed by atoms with Gasteiger partial charge in [-0.25, -0.2) is 0 Å². The third-order valence-corrected chi connectivity index (χ3v) is 4.35. The van der Waals surface area contributed by atoms with Gasteiger partial charge in [-0.2, -0.15) is 0 Å². The highest BCUT2D eigenvalue weighted by atomic mass is 35.5. The molecule has 0 spiro atoms. The molecule has 1 fully saturated rings. The van der Waals surface area contributed by atoms with Crippen molar-refractivity contribution in [3.8, 4) is 0 Å². The smallest absolute Gasteiger partial charge is 0.269 e. The minimum Gasteiger partial charge on any atom is -0.335 e. The summed E-state index contributed by atoms with van der Waals surface area (Å²) in [5, 5.41) is 10.9. The highest BCUT2D eigenvalue weighted by Crippen LogP contribution is 2.27. The normalized spacial score (nSPS) is 19.4. The number of nitrogens with two attached hydrogens (primary N) is 1. The first-order chi connectivity index (χ1) is 11.0. The predicted molar refractivity (Wildman–Crippen MR) is 95.9 cm³/mol. The molecule has 7 heteroatoms. The predicted octanol–water partition coefficient (Wildman–Crippen LogP) is 3.05. The molecule has 0 aromatic heterocycles. The minimum absolute atomic E-state index is 0. The summed E-state index contributed by atoms with van der Waals surface area (Å²) >= 11 is 0. The van der Waals surface area contributed by atoms with Gasteiger partial charge >= 0.3 is 0 Å². The van der Waals surface area contributed by atoms with Gasteiger partial charge in [0.25, 0.3) is 5.69 Å². The van der Waals surface area contributed by atoms with E-state index in [1.165, 1.54) is 12.1 Å². The molecule has 2 rings (SSSR count). The molecule has 0 bridgehead atoms. The molecule has 1 saturated carbocycles. The zero-order valence-corrected chi connectivity index (χ0v) is 14.4. The standard InChI is InChI=1S/C17H23N3O3.ClH/c1-2-9-19(17(21)11-14-6-4-8-16(14)18)12-13-5-3-7-15(10-13)20(22)23;/h2-3,5,7,10,14,16H,1,4,6,8-9,11-12,18H2;1H/t14-,16+;/m0./s1. The van der Waals surface area contributed by atoms with E-state index in [-0.39, 0.29) is 36.0 Å². The summed E-state index contributed by atoms with van der Waals surface area (Å²) in [6, 6.07) is 6.47. The van der Waals surface area contributed by atoms with Gasteiger partial charge in [0.1, 0.15) is 0 Å². The van der Waals surface area contributed by atoms with Crippen LogP contribution < -0.4 is 5.73 Å². The zero-order chi connectivity index (χ0) is 16.8. The maximum Gasteiger partial charge on any atom is 0.269 e. The van der Waals surface area contributed by atoms with Crippen molar-refractivity contribution in [3.63, 3.8) is 0 Å². The first-order valence-electron chi connectivity index (χ1n) is 7.89. The van der Waals surface area contributed by atoms with Crippen LogP contribution in [0.4, 0.5) is 5.69 Å². The molecule has 2 atom stereocenters. The van der Waals surface area contributed by atoms with Crippen LogP contribution in [0.2, 0.25) is 0 Å². The molecule has 0 saturated heterocycles. The number of nitrogens with zero attached hydrogens (tertiary/aromatic N) is 2. The van der Waals surface area contributed by atoms with E-state index in [0.29, 0.717) is 19.5 Å². The highest BCUT2D eigenvalue weighted by molar-refractivity contribution is 5.85. The molecule has 0 heterocycles.